The molecule has 0 N–H and O–H groups in total. The molecular formula is C22H30N6O. The van der Waals surface area contributed by atoms with E-state index in [9.17, 15) is 4.79 Å². The van der Waals surface area contributed by atoms with Crippen LogP contribution in [0.5, 0.6) is 0 Å². The smallest absolute Gasteiger partial charge is 0.227 e. The first-order valence-electron chi connectivity index (χ1n) is 10.5. The molecule has 0 bridgehead atoms. The van der Waals surface area contributed by atoms with Crippen molar-refractivity contribution in [1.29, 1.82) is 0 Å². The third-order valence-electron chi connectivity index (χ3n) is 5.88. The van der Waals surface area contributed by atoms with Crippen LogP contribution in [0.3, 0.4) is 0 Å². The Balaban J connectivity index is 1.49. The van der Waals surface area contributed by atoms with Gasteiger partial charge in [-0.1, -0.05) is 19.9 Å². The van der Waals surface area contributed by atoms with Crippen LogP contribution in [0.15, 0.2) is 24.4 Å². The number of nitrogens with zero attached hydrogens (tertiary/aromatic N) is 6. The number of aromatic nitrogens is 5. The number of fused-ring (bicyclic) bond motifs is 1. The number of carbonyl (C=O) groups excluding carboxylic acids is 1. The summed E-state index contributed by atoms with van der Waals surface area (Å²) in [5.41, 5.74) is 4.01. The topological polar surface area (TPSA) is 68.3 Å². The number of carbonyl (C=O) groups is 1. The van der Waals surface area contributed by atoms with Crippen molar-refractivity contribution in [1.82, 2.24) is 29.3 Å². The minimum atomic E-state index is 0.179. The van der Waals surface area contributed by atoms with Crippen LogP contribution in [0.2, 0.25) is 0 Å². The first kappa shape index (κ1) is 19.6. The van der Waals surface area contributed by atoms with E-state index >= 15 is 0 Å². The highest BCUT2D eigenvalue weighted by atomic mass is 16.2. The van der Waals surface area contributed by atoms with Gasteiger partial charge in [-0.15, -0.1) is 10.2 Å². The third-order valence-corrected chi connectivity index (χ3v) is 5.88. The molecule has 4 rings (SSSR count). The van der Waals surface area contributed by atoms with Crippen molar-refractivity contribution >= 4 is 11.6 Å². The van der Waals surface area contributed by atoms with E-state index in [1.54, 1.807) is 0 Å². The fraction of sp³-hybridized carbons (Fsp3) is 0.545. The molecule has 4 heterocycles. The summed E-state index contributed by atoms with van der Waals surface area (Å²) in [5.74, 6) is 1.88. The van der Waals surface area contributed by atoms with Crippen LogP contribution in [-0.4, -0.2) is 48.3 Å². The minimum Gasteiger partial charge on any atom is -0.342 e. The first-order valence-corrected chi connectivity index (χ1v) is 10.5. The van der Waals surface area contributed by atoms with E-state index in [1.165, 1.54) is 0 Å². The Morgan fingerprint density at radius 3 is 2.86 bits per heavy atom. The van der Waals surface area contributed by atoms with Gasteiger partial charge < -0.3 is 4.90 Å². The Morgan fingerprint density at radius 1 is 1.24 bits per heavy atom. The zero-order chi connectivity index (χ0) is 20.5. The summed E-state index contributed by atoms with van der Waals surface area (Å²) in [5, 5.41) is 13.4. The van der Waals surface area contributed by atoms with Crippen LogP contribution in [0.25, 0.3) is 5.65 Å². The van der Waals surface area contributed by atoms with Gasteiger partial charge in [-0.05, 0) is 44.7 Å². The molecular weight excluding hydrogens is 364 g/mol. The average molecular weight is 395 g/mol. The Morgan fingerprint density at radius 2 is 2.07 bits per heavy atom. The van der Waals surface area contributed by atoms with Crippen molar-refractivity contribution in [2.75, 3.05) is 13.1 Å². The zero-order valence-corrected chi connectivity index (χ0v) is 17.8. The van der Waals surface area contributed by atoms with Gasteiger partial charge in [0, 0.05) is 43.0 Å². The van der Waals surface area contributed by atoms with E-state index < -0.39 is 0 Å². The number of hydrogen-bond donors (Lipinski definition) is 0. The number of likely N-dealkylation sites (tertiary alicyclic amines) is 1. The molecule has 1 amide bonds. The van der Waals surface area contributed by atoms with Crippen LogP contribution in [-0.2, 0) is 17.8 Å². The summed E-state index contributed by atoms with van der Waals surface area (Å²) in [6.45, 7) is 10.8. The molecule has 3 aromatic rings. The van der Waals surface area contributed by atoms with Crippen LogP contribution in [0.4, 0.5) is 0 Å². The Hall–Kier alpha value is -2.70. The molecule has 1 atom stereocenters. The normalized spacial score (nSPS) is 17.4. The second-order valence-electron chi connectivity index (χ2n) is 8.57. The van der Waals surface area contributed by atoms with E-state index in [2.05, 4.69) is 36.1 Å². The van der Waals surface area contributed by atoms with E-state index in [0.29, 0.717) is 18.9 Å². The fourth-order valence-corrected chi connectivity index (χ4v) is 4.33. The van der Waals surface area contributed by atoms with Gasteiger partial charge in [0.05, 0.1) is 12.1 Å². The second-order valence-corrected chi connectivity index (χ2v) is 8.57. The molecule has 1 saturated heterocycles. The molecule has 3 aromatic heterocycles. The summed E-state index contributed by atoms with van der Waals surface area (Å²) in [6.07, 6.45) is 4.44. The molecule has 7 nitrogen and oxygen atoms in total. The number of aryl methyl sites for hydroxylation is 1. The van der Waals surface area contributed by atoms with Gasteiger partial charge in [-0.3, -0.25) is 13.9 Å². The van der Waals surface area contributed by atoms with Gasteiger partial charge in [-0.25, -0.2) is 0 Å². The van der Waals surface area contributed by atoms with Gasteiger partial charge >= 0.3 is 0 Å². The van der Waals surface area contributed by atoms with E-state index in [-0.39, 0.29) is 11.8 Å². The van der Waals surface area contributed by atoms with E-state index in [0.717, 1.165) is 54.4 Å². The molecule has 154 valence electrons. The standard InChI is InChI=1S/C22H30N6O/c1-15(2)13-28-17(4)19(16(3)25-28)12-21(29)26-10-7-8-18(14-26)22-24-23-20-9-5-6-11-27(20)22/h5-6,9,11,15,18H,7-8,10,12-14H2,1-4H3. The molecule has 0 aliphatic carbocycles. The van der Waals surface area contributed by atoms with Crippen LogP contribution >= 0.6 is 0 Å². The van der Waals surface area contributed by atoms with Gasteiger partial charge in [0.1, 0.15) is 5.82 Å². The molecule has 7 heteroatoms. The maximum atomic E-state index is 13.1. The quantitative estimate of drug-likeness (QED) is 0.667. The number of amides is 1. The Kier molecular flexibility index (Phi) is 5.39. The molecule has 29 heavy (non-hydrogen) atoms. The molecule has 0 aromatic carbocycles. The van der Waals surface area contributed by atoms with Crippen LogP contribution in [0, 0.1) is 19.8 Å². The van der Waals surface area contributed by atoms with Gasteiger partial charge in [0.2, 0.25) is 5.91 Å². The summed E-state index contributed by atoms with van der Waals surface area (Å²) in [6, 6.07) is 5.92. The summed E-state index contributed by atoms with van der Waals surface area (Å²) in [4.78, 5) is 15.1. The monoisotopic (exact) mass is 394 g/mol. The minimum absolute atomic E-state index is 0.179. The SMILES string of the molecule is Cc1nn(CC(C)C)c(C)c1CC(=O)N1CCCC(c2nnc3ccccn23)C1. The average Bonchev–Trinajstić information content (AvgIpc) is 3.24. The van der Waals surface area contributed by atoms with Crippen LogP contribution < -0.4 is 0 Å². The lowest BCUT2D eigenvalue weighted by Gasteiger charge is -2.32. The predicted octanol–water partition coefficient (Wildman–Crippen LogP) is 3.15. The lowest BCUT2D eigenvalue weighted by Crippen LogP contribution is -2.40. The number of rotatable bonds is 5. The van der Waals surface area contributed by atoms with Crippen molar-refractivity contribution in [3.8, 4) is 0 Å². The maximum absolute atomic E-state index is 13.1. The maximum Gasteiger partial charge on any atom is 0.227 e. The molecule has 0 radical (unpaired) electrons. The fourth-order valence-electron chi connectivity index (χ4n) is 4.33. The first-order chi connectivity index (χ1) is 13.9. The van der Waals surface area contributed by atoms with E-state index in [4.69, 9.17) is 0 Å². The van der Waals surface area contributed by atoms with Crippen molar-refractivity contribution in [3.63, 3.8) is 0 Å². The van der Waals surface area contributed by atoms with Crippen molar-refractivity contribution in [2.24, 2.45) is 5.92 Å². The second kappa shape index (κ2) is 7.97. The van der Waals surface area contributed by atoms with Crippen molar-refractivity contribution < 1.29 is 4.79 Å². The summed E-state index contributed by atoms with van der Waals surface area (Å²) < 4.78 is 4.09. The number of pyridine rings is 1. The summed E-state index contributed by atoms with van der Waals surface area (Å²) >= 11 is 0. The highest BCUT2D eigenvalue weighted by Gasteiger charge is 2.28. The van der Waals surface area contributed by atoms with Crippen molar-refractivity contribution in [2.45, 2.75) is 59.4 Å². The Bertz CT molecular complexity index is 1020. The molecule has 1 unspecified atom stereocenters. The number of piperidine rings is 1. The highest BCUT2D eigenvalue weighted by Crippen LogP contribution is 2.27. The van der Waals surface area contributed by atoms with Gasteiger partial charge in [0.15, 0.2) is 5.65 Å². The lowest BCUT2D eigenvalue weighted by molar-refractivity contribution is -0.131. The van der Waals surface area contributed by atoms with Gasteiger partial charge in [0.25, 0.3) is 0 Å². The zero-order valence-electron chi connectivity index (χ0n) is 17.8. The summed E-state index contributed by atoms with van der Waals surface area (Å²) in [7, 11) is 0. The molecule has 1 aliphatic heterocycles. The Labute approximate surface area is 171 Å². The van der Waals surface area contributed by atoms with E-state index in [1.807, 2.05) is 45.3 Å². The van der Waals surface area contributed by atoms with Gasteiger partial charge in [-0.2, -0.15) is 5.10 Å². The molecule has 1 aliphatic rings. The largest absolute Gasteiger partial charge is 0.342 e. The van der Waals surface area contributed by atoms with Crippen LogP contribution in [0.1, 0.15) is 55.4 Å². The lowest BCUT2D eigenvalue weighted by atomic mass is 9.96. The predicted molar refractivity (Wildman–Crippen MR) is 112 cm³/mol. The molecule has 1 fully saturated rings. The molecule has 0 saturated carbocycles. The highest BCUT2D eigenvalue weighted by molar-refractivity contribution is 5.79. The number of hydrogen-bond acceptors (Lipinski definition) is 4. The third kappa shape index (κ3) is 3.91. The molecule has 0 spiro atoms. The van der Waals surface area contributed by atoms with Crippen molar-refractivity contribution in [3.05, 3.63) is 47.2 Å².